The molecule has 0 unspecified atom stereocenters. The van der Waals surface area contributed by atoms with Crippen LogP contribution in [0.15, 0.2) is 41.6 Å². The van der Waals surface area contributed by atoms with Gasteiger partial charge in [0.05, 0.1) is 5.69 Å². The number of alkyl halides is 3. The summed E-state index contributed by atoms with van der Waals surface area (Å²) in [5, 5.41) is 0. The number of thioether (sulfide) groups is 1. The minimum Gasteiger partial charge on any atom is -0.295 e. The lowest BCUT2D eigenvalue weighted by atomic mass is 10.3. The number of imidazole rings is 1. The topological polar surface area (TPSA) is 17.8 Å². The highest BCUT2D eigenvalue weighted by atomic mass is 32.2. The van der Waals surface area contributed by atoms with Gasteiger partial charge in [0.2, 0.25) is 5.82 Å². The standard InChI is InChI=1S/C11H9F3N2S/c1-17-9-5-3-2-4-8(9)16-7-6-15-10(16)11(12,13)14/h2-7H,1H3. The fraction of sp³-hybridized carbons (Fsp3) is 0.182. The molecule has 2 nitrogen and oxygen atoms in total. The van der Waals surface area contributed by atoms with Gasteiger partial charge < -0.3 is 0 Å². The van der Waals surface area contributed by atoms with Crippen LogP contribution in [-0.2, 0) is 6.18 Å². The minimum absolute atomic E-state index is 0.491. The van der Waals surface area contributed by atoms with Crippen molar-refractivity contribution in [1.29, 1.82) is 0 Å². The van der Waals surface area contributed by atoms with Crippen LogP contribution in [0.4, 0.5) is 13.2 Å². The lowest BCUT2D eigenvalue weighted by Gasteiger charge is -2.12. The SMILES string of the molecule is CSc1ccccc1-n1ccnc1C(F)(F)F. The third-order valence-electron chi connectivity index (χ3n) is 2.24. The van der Waals surface area contributed by atoms with E-state index >= 15 is 0 Å². The maximum absolute atomic E-state index is 12.7. The summed E-state index contributed by atoms with van der Waals surface area (Å²) >= 11 is 1.40. The zero-order valence-corrected chi connectivity index (χ0v) is 9.72. The Morgan fingerprint density at radius 3 is 2.59 bits per heavy atom. The molecule has 0 spiro atoms. The fourth-order valence-electron chi connectivity index (χ4n) is 1.54. The molecule has 0 radical (unpaired) electrons. The molecule has 17 heavy (non-hydrogen) atoms. The van der Waals surface area contributed by atoms with Crippen molar-refractivity contribution in [2.45, 2.75) is 11.1 Å². The van der Waals surface area contributed by atoms with E-state index in [0.29, 0.717) is 5.69 Å². The van der Waals surface area contributed by atoms with Crippen molar-refractivity contribution in [1.82, 2.24) is 9.55 Å². The van der Waals surface area contributed by atoms with Crippen LogP contribution in [0.25, 0.3) is 5.69 Å². The van der Waals surface area contributed by atoms with Gasteiger partial charge in [-0.2, -0.15) is 13.2 Å². The third-order valence-corrected chi connectivity index (χ3v) is 3.02. The minimum atomic E-state index is -4.45. The number of hydrogen-bond donors (Lipinski definition) is 0. The molecule has 0 bridgehead atoms. The molecule has 0 aliphatic rings. The Labute approximate surface area is 100 Å². The average Bonchev–Trinajstić information content (AvgIpc) is 2.77. The largest absolute Gasteiger partial charge is 0.450 e. The normalized spacial score (nSPS) is 11.8. The second-order valence-electron chi connectivity index (χ2n) is 3.29. The van der Waals surface area contributed by atoms with Gasteiger partial charge in [0.25, 0.3) is 0 Å². The van der Waals surface area contributed by atoms with Crippen LogP contribution in [0.1, 0.15) is 5.82 Å². The second kappa shape index (κ2) is 4.44. The highest BCUT2D eigenvalue weighted by Gasteiger charge is 2.36. The molecule has 1 aromatic carbocycles. The number of benzene rings is 1. The van der Waals surface area contributed by atoms with Gasteiger partial charge in [0, 0.05) is 17.3 Å². The van der Waals surface area contributed by atoms with E-state index in [9.17, 15) is 13.2 Å². The molecule has 0 saturated carbocycles. The number of nitrogens with zero attached hydrogens (tertiary/aromatic N) is 2. The van der Waals surface area contributed by atoms with E-state index < -0.39 is 12.0 Å². The lowest BCUT2D eigenvalue weighted by molar-refractivity contribution is -0.145. The van der Waals surface area contributed by atoms with Crippen LogP contribution < -0.4 is 0 Å². The van der Waals surface area contributed by atoms with Gasteiger partial charge in [-0.1, -0.05) is 12.1 Å². The number of rotatable bonds is 2. The van der Waals surface area contributed by atoms with Crippen molar-refractivity contribution in [3.8, 4) is 5.69 Å². The summed E-state index contributed by atoms with van der Waals surface area (Å²) in [5.74, 6) is -0.904. The molecule has 0 amide bonds. The molecular formula is C11H9F3N2S. The number of aromatic nitrogens is 2. The Hall–Kier alpha value is -1.43. The van der Waals surface area contributed by atoms with Crippen LogP contribution in [0.2, 0.25) is 0 Å². The van der Waals surface area contributed by atoms with E-state index in [1.807, 2.05) is 6.26 Å². The summed E-state index contributed by atoms with van der Waals surface area (Å²) in [6.07, 6.45) is -0.157. The summed E-state index contributed by atoms with van der Waals surface area (Å²) < 4.78 is 39.2. The van der Waals surface area contributed by atoms with Gasteiger partial charge in [-0.3, -0.25) is 4.57 Å². The maximum Gasteiger partial charge on any atom is 0.450 e. The molecular weight excluding hydrogens is 249 g/mol. The summed E-state index contributed by atoms with van der Waals surface area (Å²) in [4.78, 5) is 4.14. The molecule has 2 aromatic rings. The summed E-state index contributed by atoms with van der Waals surface area (Å²) in [6.45, 7) is 0. The van der Waals surface area contributed by atoms with Gasteiger partial charge in [0.15, 0.2) is 0 Å². The lowest BCUT2D eigenvalue weighted by Crippen LogP contribution is -2.13. The predicted octanol–water partition coefficient (Wildman–Crippen LogP) is 3.61. The van der Waals surface area contributed by atoms with Crippen molar-refractivity contribution in [3.05, 3.63) is 42.5 Å². The molecule has 2 rings (SSSR count). The first-order valence-corrected chi connectivity index (χ1v) is 6.00. The van der Waals surface area contributed by atoms with E-state index in [4.69, 9.17) is 0 Å². The molecule has 0 aliphatic heterocycles. The van der Waals surface area contributed by atoms with Gasteiger partial charge in [0.1, 0.15) is 0 Å². The van der Waals surface area contributed by atoms with Crippen molar-refractivity contribution >= 4 is 11.8 Å². The summed E-state index contributed by atoms with van der Waals surface area (Å²) in [5.41, 5.74) is 0.491. The number of halogens is 3. The van der Waals surface area contributed by atoms with Gasteiger partial charge >= 0.3 is 6.18 Å². The molecule has 0 aliphatic carbocycles. The van der Waals surface area contributed by atoms with Crippen LogP contribution in [0.5, 0.6) is 0 Å². The Morgan fingerprint density at radius 2 is 1.94 bits per heavy atom. The van der Waals surface area contributed by atoms with Crippen molar-refractivity contribution in [2.24, 2.45) is 0 Å². The van der Waals surface area contributed by atoms with Crippen LogP contribution >= 0.6 is 11.8 Å². The molecule has 90 valence electrons. The van der Waals surface area contributed by atoms with Crippen LogP contribution in [0, 0.1) is 0 Å². The van der Waals surface area contributed by atoms with E-state index in [0.717, 1.165) is 15.7 Å². The van der Waals surface area contributed by atoms with E-state index in [1.54, 1.807) is 24.3 Å². The fourth-order valence-corrected chi connectivity index (χ4v) is 2.13. The molecule has 0 fully saturated rings. The number of hydrogen-bond acceptors (Lipinski definition) is 2. The zero-order chi connectivity index (χ0) is 12.5. The monoisotopic (exact) mass is 258 g/mol. The van der Waals surface area contributed by atoms with Crippen molar-refractivity contribution < 1.29 is 13.2 Å². The molecule has 0 saturated heterocycles. The Morgan fingerprint density at radius 1 is 1.24 bits per heavy atom. The summed E-state index contributed by atoms with van der Waals surface area (Å²) in [6, 6.07) is 6.91. The highest BCUT2D eigenvalue weighted by Crippen LogP contribution is 2.32. The number of para-hydroxylation sites is 1. The van der Waals surface area contributed by atoms with Crippen LogP contribution in [-0.4, -0.2) is 15.8 Å². The first kappa shape index (κ1) is 12.0. The van der Waals surface area contributed by atoms with Crippen molar-refractivity contribution in [2.75, 3.05) is 6.26 Å². The van der Waals surface area contributed by atoms with Gasteiger partial charge in [-0.15, -0.1) is 11.8 Å². The third kappa shape index (κ3) is 2.31. The van der Waals surface area contributed by atoms with E-state index in [1.165, 1.54) is 18.0 Å². The Kier molecular flexibility index (Phi) is 3.15. The Bertz CT molecular complexity index is 519. The highest BCUT2D eigenvalue weighted by molar-refractivity contribution is 7.98. The zero-order valence-electron chi connectivity index (χ0n) is 8.90. The van der Waals surface area contributed by atoms with E-state index in [-0.39, 0.29) is 0 Å². The first-order chi connectivity index (χ1) is 8.04. The molecule has 0 atom stereocenters. The quantitative estimate of drug-likeness (QED) is 0.766. The van der Waals surface area contributed by atoms with Crippen LogP contribution in [0.3, 0.4) is 0 Å². The maximum atomic E-state index is 12.7. The smallest absolute Gasteiger partial charge is 0.295 e. The molecule has 6 heteroatoms. The molecule has 0 N–H and O–H groups in total. The second-order valence-corrected chi connectivity index (χ2v) is 4.14. The molecule has 1 aromatic heterocycles. The van der Waals surface area contributed by atoms with Crippen molar-refractivity contribution in [3.63, 3.8) is 0 Å². The molecule has 1 heterocycles. The van der Waals surface area contributed by atoms with Gasteiger partial charge in [-0.05, 0) is 18.4 Å². The Balaban J connectivity index is 2.58. The first-order valence-electron chi connectivity index (χ1n) is 4.78. The van der Waals surface area contributed by atoms with Gasteiger partial charge in [-0.25, -0.2) is 4.98 Å². The average molecular weight is 258 g/mol. The van der Waals surface area contributed by atoms with E-state index in [2.05, 4.69) is 4.98 Å². The summed E-state index contributed by atoms with van der Waals surface area (Å²) in [7, 11) is 0. The predicted molar refractivity (Wildman–Crippen MR) is 60.3 cm³/mol.